The number of unbranched alkanes of at least 4 members (excludes halogenated alkanes) is 2. The number of sulfone groups is 2. The molecule has 1 unspecified atom stereocenters. The number of carbonyl (C=O) groups excluding carboxylic acids is 1. The van der Waals surface area contributed by atoms with Gasteiger partial charge in [-0.15, -0.1) is 0 Å². The highest BCUT2D eigenvalue weighted by Gasteiger charge is 2.31. The van der Waals surface area contributed by atoms with E-state index in [9.17, 15) is 26.9 Å². The van der Waals surface area contributed by atoms with Gasteiger partial charge in [-0.05, 0) is 36.6 Å². The van der Waals surface area contributed by atoms with Crippen LogP contribution in [0.4, 0.5) is 0 Å². The van der Waals surface area contributed by atoms with E-state index in [0.717, 1.165) is 27.4 Å². The molecule has 0 aliphatic carbocycles. The Labute approximate surface area is 267 Å². The summed E-state index contributed by atoms with van der Waals surface area (Å²) in [5.74, 6) is -1.86. The number of hydrogen-bond acceptors (Lipinski definition) is 9. The predicted octanol–water partition coefficient (Wildman–Crippen LogP) is 6.48. The molecule has 0 aliphatic heterocycles. The van der Waals surface area contributed by atoms with Crippen molar-refractivity contribution in [1.82, 2.24) is 4.98 Å². The minimum Gasteiger partial charge on any atom is -0.464 e. The fraction of sp³-hybridized carbons (Fsp3) is 0.387. The summed E-state index contributed by atoms with van der Waals surface area (Å²) in [5.41, 5.74) is 3.20. The van der Waals surface area contributed by atoms with E-state index in [4.69, 9.17) is 4.74 Å². The third-order valence-electron chi connectivity index (χ3n) is 6.62. The van der Waals surface area contributed by atoms with Crippen LogP contribution in [0, 0.1) is 11.3 Å². The summed E-state index contributed by atoms with van der Waals surface area (Å²) in [6.07, 6.45) is 2.10. The Hall–Kier alpha value is -2.72. The van der Waals surface area contributed by atoms with Gasteiger partial charge in [-0.25, -0.2) is 21.8 Å². The summed E-state index contributed by atoms with van der Waals surface area (Å²) in [7, 11) is -7.47. The lowest BCUT2D eigenvalue weighted by Crippen LogP contribution is -2.37. The van der Waals surface area contributed by atoms with Crippen molar-refractivity contribution in [3.05, 3.63) is 70.7 Å². The van der Waals surface area contributed by atoms with Crippen molar-refractivity contribution in [2.45, 2.75) is 49.8 Å². The standard InChI is InChI=1S/C31H35BrN2O6S3/c1-3-5-16-42(36,37)22-26(43(38,39)17-6-4-2)20-40-30(35)21-41-31-28(19-33)27(23-10-8-7-9-11-23)18-29(34-31)24-12-14-25(32)15-13-24/h7-15,18,26H,3-6,16-17,20-22H2,1-2H3. The number of aromatic nitrogens is 1. The molecular formula is C31H35BrN2O6S3. The zero-order chi connectivity index (χ0) is 31.5. The lowest BCUT2D eigenvalue weighted by Gasteiger charge is -2.18. The van der Waals surface area contributed by atoms with Gasteiger partial charge in [0.05, 0.1) is 34.3 Å². The molecular weight excluding hydrogens is 672 g/mol. The number of halogens is 1. The van der Waals surface area contributed by atoms with E-state index in [-0.39, 0.29) is 17.3 Å². The molecule has 12 heteroatoms. The molecule has 0 radical (unpaired) electrons. The first-order valence-electron chi connectivity index (χ1n) is 14.0. The van der Waals surface area contributed by atoms with Gasteiger partial charge in [-0.1, -0.05) is 96.8 Å². The van der Waals surface area contributed by atoms with E-state index >= 15 is 0 Å². The summed E-state index contributed by atoms with van der Waals surface area (Å²) in [6, 6.07) is 21.0. The lowest BCUT2D eigenvalue weighted by molar-refractivity contribution is -0.140. The predicted molar refractivity (Wildman–Crippen MR) is 175 cm³/mol. The Morgan fingerprint density at radius 2 is 1.63 bits per heavy atom. The van der Waals surface area contributed by atoms with Crippen LogP contribution in [0.2, 0.25) is 0 Å². The van der Waals surface area contributed by atoms with Gasteiger partial charge in [0.1, 0.15) is 23.0 Å². The van der Waals surface area contributed by atoms with Crippen molar-refractivity contribution >= 4 is 53.3 Å². The first-order valence-corrected chi connectivity index (χ1v) is 19.3. The molecule has 8 nitrogen and oxygen atoms in total. The molecule has 1 heterocycles. The summed E-state index contributed by atoms with van der Waals surface area (Å²) in [5, 5.41) is 9.07. The second kappa shape index (κ2) is 16.4. The number of carbonyl (C=O) groups is 1. The summed E-state index contributed by atoms with van der Waals surface area (Å²) < 4.78 is 57.4. The van der Waals surface area contributed by atoms with Crippen molar-refractivity contribution < 1.29 is 26.4 Å². The number of rotatable bonds is 16. The Bertz CT molecular complexity index is 1640. The number of hydrogen-bond donors (Lipinski definition) is 0. The Morgan fingerprint density at radius 1 is 0.977 bits per heavy atom. The van der Waals surface area contributed by atoms with Gasteiger partial charge in [-0.3, -0.25) is 4.79 Å². The largest absolute Gasteiger partial charge is 0.464 e. The average Bonchev–Trinajstić information content (AvgIpc) is 3.00. The first-order chi connectivity index (χ1) is 20.5. The molecule has 0 fully saturated rings. The van der Waals surface area contributed by atoms with Crippen LogP contribution in [0.3, 0.4) is 0 Å². The van der Waals surface area contributed by atoms with E-state index in [1.54, 1.807) is 0 Å². The van der Waals surface area contributed by atoms with Crippen molar-refractivity contribution in [2.24, 2.45) is 0 Å². The zero-order valence-electron chi connectivity index (χ0n) is 24.2. The van der Waals surface area contributed by atoms with Gasteiger partial charge < -0.3 is 4.74 Å². The van der Waals surface area contributed by atoms with Gasteiger partial charge >= 0.3 is 5.97 Å². The fourth-order valence-electron chi connectivity index (χ4n) is 4.20. The molecule has 0 spiro atoms. The maximum Gasteiger partial charge on any atom is 0.316 e. The summed E-state index contributed by atoms with van der Waals surface area (Å²) in [6.45, 7) is 3.15. The third kappa shape index (κ3) is 10.4. The number of benzene rings is 2. The summed E-state index contributed by atoms with van der Waals surface area (Å²) in [4.78, 5) is 17.5. The van der Waals surface area contributed by atoms with E-state index in [1.165, 1.54) is 0 Å². The molecule has 0 bridgehead atoms. The monoisotopic (exact) mass is 706 g/mol. The van der Waals surface area contributed by atoms with E-state index in [0.29, 0.717) is 47.5 Å². The molecule has 3 rings (SSSR count). The Morgan fingerprint density at radius 3 is 2.26 bits per heavy atom. The molecule has 0 saturated carbocycles. The van der Waals surface area contributed by atoms with Crippen molar-refractivity contribution in [1.29, 1.82) is 5.26 Å². The topological polar surface area (TPSA) is 131 Å². The summed E-state index contributed by atoms with van der Waals surface area (Å²) >= 11 is 4.45. The SMILES string of the molecule is CCCCS(=O)(=O)CC(COC(=O)CSc1nc(-c2ccc(Br)cc2)cc(-c2ccccc2)c1C#N)S(=O)(=O)CCCC. The van der Waals surface area contributed by atoms with Crippen molar-refractivity contribution in [2.75, 3.05) is 29.6 Å². The number of pyridine rings is 1. The van der Waals surface area contributed by atoms with Crippen LogP contribution in [-0.2, 0) is 29.2 Å². The highest BCUT2D eigenvalue weighted by molar-refractivity contribution is 9.10. The lowest BCUT2D eigenvalue weighted by atomic mass is 9.99. The normalized spacial score (nSPS) is 12.4. The Kier molecular flexibility index (Phi) is 13.2. The van der Waals surface area contributed by atoms with Gasteiger partial charge in [0.2, 0.25) is 0 Å². The average molecular weight is 708 g/mol. The van der Waals surface area contributed by atoms with Crippen molar-refractivity contribution in [3.63, 3.8) is 0 Å². The highest BCUT2D eigenvalue weighted by Crippen LogP contribution is 2.34. The van der Waals surface area contributed by atoms with Gasteiger partial charge in [0, 0.05) is 15.6 Å². The van der Waals surface area contributed by atoms with Gasteiger partial charge in [-0.2, -0.15) is 5.26 Å². The molecule has 0 N–H and O–H groups in total. The van der Waals surface area contributed by atoms with Crippen LogP contribution in [0.15, 0.2) is 70.2 Å². The molecule has 1 aromatic heterocycles. The molecule has 1 atom stereocenters. The number of esters is 1. The Balaban J connectivity index is 1.84. The molecule has 0 saturated heterocycles. The van der Waals surface area contributed by atoms with Crippen LogP contribution in [0.5, 0.6) is 0 Å². The van der Waals surface area contributed by atoms with Crippen molar-refractivity contribution in [3.8, 4) is 28.5 Å². The van der Waals surface area contributed by atoms with Crippen LogP contribution >= 0.6 is 27.7 Å². The molecule has 2 aromatic carbocycles. The van der Waals surface area contributed by atoms with Crippen LogP contribution in [0.25, 0.3) is 22.4 Å². The maximum absolute atomic E-state index is 13.0. The van der Waals surface area contributed by atoms with Crippen LogP contribution in [0.1, 0.15) is 45.1 Å². The second-order valence-electron chi connectivity index (χ2n) is 10.0. The number of nitriles is 1. The first kappa shape index (κ1) is 34.8. The molecule has 3 aromatic rings. The second-order valence-corrected chi connectivity index (χ2v) is 16.5. The van der Waals surface area contributed by atoms with Gasteiger partial charge in [0.25, 0.3) is 0 Å². The maximum atomic E-state index is 13.0. The molecule has 43 heavy (non-hydrogen) atoms. The molecule has 0 aliphatic rings. The number of thioether (sulfide) groups is 1. The minimum atomic E-state index is -3.81. The number of nitrogens with zero attached hydrogens (tertiary/aromatic N) is 2. The third-order valence-corrected chi connectivity index (χ3v) is 12.3. The quantitative estimate of drug-likeness (QED) is 0.121. The van der Waals surface area contributed by atoms with E-state index < -0.39 is 43.3 Å². The fourth-order valence-corrected chi connectivity index (χ4v) is 9.58. The zero-order valence-corrected chi connectivity index (χ0v) is 28.2. The van der Waals surface area contributed by atoms with Crippen LogP contribution < -0.4 is 0 Å². The van der Waals surface area contributed by atoms with E-state index in [1.807, 2.05) is 74.5 Å². The van der Waals surface area contributed by atoms with Crippen LogP contribution in [-0.4, -0.2) is 62.7 Å². The molecule has 230 valence electrons. The van der Waals surface area contributed by atoms with E-state index in [2.05, 4.69) is 27.0 Å². The van der Waals surface area contributed by atoms with Gasteiger partial charge in [0.15, 0.2) is 19.7 Å². The minimum absolute atomic E-state index is 0.117. The number of ether oxygens (including phenoxy) is 1. The highest BCUT2D eigenvalue weighted by atomic mass is 79.9. The molecule has 0 amide bonds. The smallest absolute Gasteiger partial charge is 0.316 e.